The fourth-order valence-electron chi connectivity index (χ4n) is 3.68. The molecule has 2 unspecified atom stereocenters. The number of carbonyl (C=O) groups excluding carboxylic acids is 1. The second kappa shape index (κ2) is 11.9. The fraction of sp³-hybridized carbons (Fsp3) is 0.600. The van der Waals surface area contributed by atoms with Gasteiger partial charge in [0.2, 0.25) is 0 Å². The van der Waals surface area contributed by atoms with Gasteiger partial charge in [-0.15, -0.1) is 24.0 Å². The van der Waals surface area contributed by atoms with Gasteiger partial charge in [0.25, 0.3) is 5.91 Å². The minimum absolute atomic E-state index is 0. The molecule has 2 aliphatic heterocycles. The summed E-state index contributed by atoms with van der Waals surface area (Å²) in [5.74, 6) is 0.939. The standard InChI is InChI=1S/C20H29ClN4O3.HI/c1-22-20(23-14-18(27-2)15-5-3-6-16(21)13-15)25-10-8-24(9-11-25)19(26)17-7-4-12-28-17;/h3,5-6,13,17-18H,4,7-12,14H2,1-2H3,(H,22,23);1H. The third-order valence-electron chi connectivity index (χ3n) is 5.26. The lowest BCUT2D eigenvalue weighted by Crippen LogP contribution is -2.55. The topological polar surface area (TPSA) is 66.4 Å². The van der Waals surface area contributed by atoms with Crippen LogP contribution in [0.2, 0.25) is 5.02 Å². The fourth-order valence-corrected chi connectivity index (χ4v) is 3.87. The summed E-state index contributed by atoms with van der Waals surface area (Å²) in [6, 6.07) is 7.68. The van der Waals surface area contributed by atoms with Crippen LogP contribution in [0.4, 0.5) is 0 Å². The van der Waals surface area contributed by atoms with Gasteiger partial charge < -0.3 is 24.6 Å². The van der Waals surface area contributed by atoms with E-state index in [1.807, 2.05) is 29.2 Å². The van der Waals surface area contributed by atoms with Gasteiger partial charge in [0.05, 0.1) is 6.10 Å². The molecule has 1 aromatic rings. The lowest BCUT2D eigenvalue weighted by atomic mass is 10.1. The molecule has 162 valence electrons. The molecule has 2 aliphatic rings. The Balaban J connectivity index is 0.00000300. The van der Waals surface area contributed by atoms with Crippen molar-refractivity contribution in [3.8, 4) is 0 Å². The Morgan fingerprint density at radius 1 is 1.34 bits per heavy atom. The Kier molecular flexibility index (Phi) is 9.94. The molecule has 2 atom stereocenters. The number of piperazine rings is 1. The van der Waals surface area contributed by atoms with Crippen molar-refractivity contribution in [2.24, 2.45) is 4.99 Å². The van der Waals surface area contributed by atoms with Gasteiger partial charge >= 0.3 is 0 Å². The highest BCUT2D eigenvalue weighted by Gasteiger charge is 2.31. The molecule has 2 fully saturated rings. The molecule has 7 nitrogen and oxygen atoms in total. The molecule has 1 aromatic carbocycles. The number of nitrogens with zero attached hydrogens (tertiary/aromatic N) is 3. The maximum absolute atomic E-state index is 12.5. The van der Waals surface area contributed by atoms with E-state index in [1.165, 1.54) is 0 Å². The van der Waals surface area contributed by atoms with Crippen molar-refractivity contribution in [3.05, 3.63) is 34.9 Å². The number of hydrogen-bond donors (Lipinski definition) is 1. The van der Waals surface area contributed by atoms with Crippen LogP contribution in [0.5, 0.6) is 0 Å². The predicted octanol–water partition coefficient (Wildman–Crippen LogP) is 2.54. The molecule has 0 saturated carbocycles. The third kappa shape index (κ3) is 6.44. The van der Waals surface area contributed by atoms with Gasteiger partial charge in [0.15, 0.2) is 5.96 Å². The van der Waals surface area contributed by atoms with Crippen molar-refractivity contribution in [1.82, 2.24) is 15.1 Å². The molecular formula is C20H30ClIN4O3. The van der Waals surface area contributed by atoms with Crippen molar-refractivity contribution in [2.45, 2.75) is 25.0 Å². The zero-order valence-corrected chi connectivity index (χ0v) is 20.1. The number of nitrogens with one attached hydrogen (secondary N) is 1. The van der Waals surface area contributed by atoms with E-state index < -0.39 is 0 Å². The van der Waals surface area contributed by atoms with E-state index in [0.717, 1.165) is 37.5 Å². The van der Waals surface area contributed by atoms with Gasteiger partial charge in [0.1, 0.15) is 6.10 Å². The van der Waals surface area contributed by atoms with Crippen LogP contribution in [-0.4, -0.2) is 81.3 Å². The Hall–Kier alpha value is -1.10. The summed E-state index contributed by atoms with van der Waals surface area (Å²) in [4.78, 5) is 21.0. The second-order valence-electron chi connectivity index (χ2n) is 7.02. The highest BCUT2D eigenvalue weighted by atomic mass is 127. The van der Waals surface area contributed by atoms with Crippen LogP contribution < -0.4 is 5.32 Å². The highest BCUT2D eigenvalue weighted by molar-refractivity contribution is 14.0. The normalized spacial score (nSPS) is 20.9. The van der Waals surface area contributed by atoms with Crippen molar-refractivity contribution < 1.29 is 14.3 Å². The quantitative estimate of drug-likeness (QED) is 0.356. The molecule has 0 aliphatic carbocycles. The van der Waals surface area contributed by atoms with Crippen LogP contribution in [-0.2, 0) is 14.3 Å². The maximum atomic E-state index is 12.5. The number of carbonyl (C=O) groups is 1. The Labute approximate surface area is 194 Å². The van der Waals surface area contributed by atoms with Crippen LogP contribution in [0.3, 0.4) is 0 Å². The predicted molar refractivity (Wildman–Crippen MR) is 125 cm³/mol. The highest BCUT2D eigenvalue weighted by Crippen LogP contribution is 2.20. The lowest BCUT2D eigenvalue weighted by molar-refractivity contribution is -0.142. The molecule has 2 saturated heterocycles. The second-order valence-corrected chi connectivity index (χ2v) is 7.46. The molecule has 0 aromatic heterocycles. The molecule has 0 radical (unpaired) electrons. The minimum Gasteiger partial charge on any atom is -0.375 e. The number of ether oxygens (including phenoxy) is 2. The molecule has 29 heavy (non-hydrogen) atoms. The molecule has 9 heteroatoms. The Bertz CT molecular complexity index is 692. The zero-order chi connectivity index (χ0) is 19.9. The first kappa shape index (κ1) is 24.2. The number of methoxy groups -OCH3 is 1. The van der Waals surface area contributed by atoms with Gasteiger partial charge in [-0.05, 0) is 30.5 Å². The number of benzene rings is 1. The Morgan fingerprint density at radius 2 is 2.07 bits per heavy atom. The van der Waals surface area contributed by atoms with Crippen molar-refractivity contribution in [3.63, 3.8) is 0 Å². The van der Waals surface area contributed by atoms with Crippen LogP contribution in [0.1, 0.15) is 24.5 Å². The summed E-state index contributed by atoms with van der Waals surface area (Å²) in [5, 5.41) is 4.08. The summed E-state index contributed by atoms with van der Waals surface area (Å²) >= 11 is 6.09. The van der Waals surface area contributed by atoms with Crippen molar-refractivity contribution >= 4 is 47.4 Å². The van der Waals surface area contributed by atoms with Gasteiger partial charge in [-0.1, -0.05) is 23.7 Å². The van der Waals surface area contributed by atoms with Gasteiger partial charge in [-0.25, -0.2) is 0 Å². The smallest absolute Gasteiger partial charge is 0.251 e. The van der Waals surface area contributed by atoms with Crippen LogP contribution in [0, 0.1) is 0 Å². The van der Waals surface area contributed by atoms with Crippen molar-refractivity contribution in [1.29, 1.82) is 0 Å². The molecule has 0 spiro atoms. The number of amides is 1. The van der Waals surface area contributed by atoms with E-state index in [2.05, 4.69) is 15.2 Å². The van der Waals surface area contributed by atoms with E-state index in [0.29, 0.717) is 31.3 Å². The molecule has 0 bridgehead atoms. The van der Waals surface area contributed by atoms with E-state index >= 15 is 0 Å². The van der Waals surface area contributed by atoms with Crippen LogP contribution in [0.15, 0.2) is 29.3 Å². The molecule has 1 N–H and O–H groups in total. The molecule has 2 heterocycles. The summed E-state index contributed by atoms with van der Waals surface area (Å²) < 4.78 is 11.1. The number of hydrogen-bond acceptors (Lipinski definition) is 4. The number of rotatable bonds is 5. The zero-order valence-electron chi connectivity index (χ0n) is 17.0. The number of halogens is 2. The average Bonchev–Trinajstić information content (AvgIpc) is 3.26. The SMILES string of the molecule is CN=C(NCC(OC)c1cccc(Cl)c1)N1CCN(C(=O)C2CCCO2)CC1.I. The van der Waals surface area contributed by atoms with E-state index in [9.17, 15) is 4.79 Å². The summed E-state index contributed by atoms with van der Waals surface area (Å²) in [7, 11) is 3.46. The molecule has 1 amide bonds. The first-order chi connectivity index (χ1) is 13.6. The average molecular weight is 537 g/mol. The van der Waals surface area contributed by atoms with Gasteiger partial charge in [-0.2, -0.15) is 0 Å². The van der Waals surface area contributed by atoms with Crippen LogP contribution in [0.25, 0.3) is 0 Å². The van der Waals surface area contributed by atoms with Crippen LogP contribution >= 0.6 is 35.6 Å². The minimum atomic E-state index is -0.246. The monoisotopic (exact) mass is 536 g/mol. The number of guanidine groups is 1. The summed E-state index contributed by atoms with van der Waals surface area (Å²) in [5.41, 5.74) is 1.02. The number of aliphatic imine (C=N–C) groups is 1. The van der Waals surface area contributed by atoms with Gasteiger partial charge in [-0.3, -0.25) is 9.79 Å². The maximum Gasteiger partial charge on any atom is 0.251 e. The largest absolute Gasteiger partial charge is 0.375 e. The molecule has 3 rings (SSSR count). The first-order valence-electron chi connectivity index (χ1n) is 9.76. The van der Waals surface area contributed by atoms with E-state index in [-0.39, 0.29) is 42.1 Å². The van der Waals surface area contributed by atoms with E-state index in [4.69, 9.17) is 21.1 Å². The Morgan fingerprint density at radius 3 is 2.66 bits per heavy atom. The first-order valence-corrected chi connectivity index (χ1v) is 10.1. The summed E-state index contributed by atoms with van der Waals surface area (Å²) in [6.07, 6.45) is 1.44. The third-order valence-corrected chi connectivity index (χ3v) is 5.49. The lowest BCUT2D eigenvalue weighted by Gasteiger charge is -2.37. The van der Waals surface area contributed by atoms with Gasteiger partial charge in [0, 0.05) is 58.5 Å². The van der Waals surface area contributed by atoms with Crippen molar-refractivity contribution in [2.75, 3.05) is 53.5 Å². The molecular weight excluding hydrogens is 507 g/mol. The van der Waals surface area contributed by atoms with E-state index in [1.54, 1.807) is 14.2 Å². The summed E-state index contributed by atoms with van der Waals surface area (Å²) in [6.45, 7) is 4.13.